The standard InChI is InChI=1S/C32H41FN4O8/c1-22(38)34-19-25-20-37(30(41)44-25)24-10-11-27(26(33)18-24)42-17-14-32(35-28(39)45-31(2,3)4)12-15-36(16-13-32)29(40)43-21-23-8-6-5-7-9-23/h5-11,18,25H,12-17,19-21H2,1-4H3,(H,34,38)(H,35,39)/t25-/m0/s1. The molecule has 2 aliphatic rings. The Hall–Kier alpha value is -4.55. The summed E-state index contributed by atoms with van der Waals surface area (Å²) in [6.07, 6.45) is -1.07. The Morgan fingerprint density at radius 2 is 1.80 bits per heavy atom. The third-order valence-electron chi connectivity index (χ3n) is 7.47. The number of alkyl carbamates (subject to hydrolysis) is 1. The molecule has 2 aromatic carbocycles. The van der Waals surface area contributed by atoms with Crippen LogP contribution in [0.4, 0.5) is 24.5 Å². The number of hydrogen-bond donors (Lipinski definition) is 2. The summed E-state index contributed by atoms with van der Waals surface area (Å²) in [5.74, 6) is -0.932. The lowest BCUT2D eigenvalue weighted by Gasteiger charge is -2.42. The predicted molar refractivity (Wildman–Crippen MR) is 162 cm³/mol. The lowest BCUT2D eigenvalue weighted by atomic mass is 9.84. The van der Waals surface area contributed by atoms with Gasteiger partial charge in [-0.15, -0.1) is 0 Å². The Morgan fingerprint density at radius 1 is 1.09 bits per heavy atom. The fraction of sp³-hybridized carbons (Fsp3) is 0.500. The number of halogens is 1. The molecule has 0 saturated carbocycles. The number of amides is 4. The van der Waals surface area contributed by atoms with Crippen LogP contribution in [0, 0.1) is 5.82 Å². The van der Waals surface area contributed by atoms with E-state index in [1.54, 1.807) is 31.7 Å². The van der Waals surface area contributed by atoms with E-state index in [1.165, 1.54) is 24.0 Å². The zero-order chi connectivity index (χ0) is 32.6. The van der Waals surface area contributed by atoms with Gasteiger partial charge in [-0.2, -0.15) is 0 Å². The molecule has 2 aromatic rings. The van der Waals surface area contributed by atoms with Crippen LogP contribution < -0.4 is 20.3 Å². The lowest BCUT2D eigenvalue weighted by molar-refractivity contribution is -0.119. The quantitative estimate of drug-likeness (QED) is 0.360. The molecule has 0 aromatic heterocycles. The van der Waals surface area contributed by atoms with Gasteiger partial charge in [0.1, 0.15) is 18.3 Å². The summed E-state index contributed by atoms with van der Waals surface area (Å²) in [6.45, 7) is 7.89. The first-order chi connectivity index (χ1) is 21.3. The number of hydrogen-bond acceptors (Lipinski definition) is 8. The number of likely N-dealkylation sites (tertiary alicyclic amines) is 1. The normalized spacial score (nSPS) is 17.7. The van der Waals surface area contributed by atoms with Gasteiger partial charge >= 0.3 is 18.3 Å². The van der Waals surface area contributed by atoms with Crippen molar-refractivity contribution in [2.24, 2.45) is 0 Å². The number of ether oxygens (including phenoxy) is 4. The van der Waals surface area contributed by atoms with Crippen molar-refractivity contribution in [1.29, 1.82) is 0 Å². The second kappa shape index (κ2) is 14.5. The molecular weight excluding hydrogens is 587 g/mol. The van der Waals surface area contributed by atoms with E-state index in [-0.39, 0.29) is 38.0 Å². The van der Waals surface area contributed by atoms with Crippen molar-refractivity contribution in [2.75, 3.05) is 37.7 Å². The number of carbonyl (C=O) groups is 4. The molecule has 0 aliphatic carbocycles. The highest BCUT2D eigenvalue weighted by atomic mass is 19.1. The Balaban J connectivity index is 1.35. The Bertz CT molecular complexity index is 1360. The van der Waals surface area contributed by atoms with Crippen LogP contribution in [0.3, 0.4) is 0 Å². The van der Waals surface area contributed by atoms with E-state index in [2.05, 4.69) is 10.6 Å². The van der Waals surface area contributed by atoms with Crippen LogP contribution >= 0.6 is 0 Å². The van der Waals surface area contributed by atoms with E-state index in [0.717, 1.165) is 5.56 Å². The van der Waals surface area contributed by atoms with Crippen molar-refractivity contribution >= 4 is 29.9 Å². The molecule has 0 radical (unpaired) electrons. The molecule has 244 valence electrons. The maximum Gasteiger partial charge on any atom is 0.414 e. The third-order valence-corrected chi connectivity index (χ3v) is 7.47. The molecule has 13 heteroatoms. The molecule has 2 N–H and O–H groups in total. The van der Waals surface area contributed by atoms with Crippen LogP contribution in [0.5, 0.6) is 5.75 Å². The number of cyclic esters (lactones) is 1. The van der Waals surface area contributed by atoms with Crippen molar-refractivity contribution < 1.29 is 42.5 Å². The van der Waals surface area contributed by atoms with Gasteiger partial charge in [0.05, 0.1) is 25.4 Å². The van der Waals surface area contributed by atoms with Gasteiger partial charge in [-0.1, -0.05) is 30.3 Å². The number of nitrogens with zero attached hydrogens (tertiary/aromatic N) is 2. The summed E-state index contributed by atoms with van der Waals surface area (Å²) in [4.78, 5) is 51.9. The second-order valence-electron chi connectivity index (χ2n) is 12.2. The molecule has 0 bridgehead atoms. The van der Waals surface area contributed by atoms with Gasteiger partial charge < -0.3 is 34.5 Å². The number of anilines is 1. The maximum atomic E-state index is 15.1. The Labute approximate surface area is 262 Å². The van der Waals surface area contributed by atoms with E-state index in [1.807, 2.05) is 30.3 Å². The smallest absolute Gasteiger partial charge is 0.414 e. The van der Waals surface area contributed by atoms with E-state index >= 15 is 4.39 Å². The summed E-state index contributed by atoms with van der Waals surface area (Å²) in [7, 11) is 0. The van der Waals surface area contributed by atoms with E-state index in [9.17, 15) is 19.2 Å². The molecule has 1 atom stereocenters. The van der Waals surface area contributed by atoms with Crippen LogP contribution in [0.15, 0.2) is 48.5 Å². The molecule has 2 aliphatic heterocycles. The molecule has 0 unspecified atom stereocenters. The molecule has 4 rings (SSSR count). The van der Waals surface area contributed by atoms with Crippen molar-refractivity contribution in [2.45, 2.75) is 70.8 Å². The van der Waals surface area contributed by atoms with Gasteiger partial charge in [-0.25, -0.2) is 18.8 Å². The number of nitrogens with one attached hydrogen (secondary N) is 2. The van der Waals surface area contributed by atoms with Gasteiger partial charge in [-0.05, 0) is 51.3 Å². The van der Waals surface area contributed by atoms with Crippen LogP contribution in [0.2, 0.25) is 0 Å². The molecule has 2 heterocycles. The van der Waals surface area contributed by atoms with Crippen molar-refractivity contribution in [3.05, 3.63) is 59.9 Å². The number of carbonyl (C=O) groups excluding carboxylic acids is 4. The van der Waals surface area contributed by atoms with Gasteiger partial charge in [0.2, 0.25) is 5.91 Å². The summed E-state index contributed by atoms with van der Waals surface area (Å²) in [5, 5.41) is 5.58. The Morgan fingerprint density at radius 3 is 2.44 bits per heavy atom. The number of rotatable bonds is 10. The van der Waals surface area contributed by atoms with Gasteiger partial charge in [0.15, 0.2) is 11.6 Å². The molecule has 45 heavy (non-hydrogen) atoms. The topological polar surface area (TPSA) is 136 Å². The first-order valence-electron chi connectivity index (χ1n) is 14.9. The highest BCUT2D eigenvalue weighted by Crippen LogP contribution is 2.30. The minimum Gasteiger partial charge on any atom is -0.490 e. The molecular formula is C32H41FN4O8. The van der Waals surface area contributed by atoms with Gasteiger partial charge in [0, 0.05) is 38.0 Å². The summed E-state index contributed by atoms with van der Waals surface area (Å²) < 4.78 is 37.1. The van der Waals surface area contributed by atoms with Gasteiger partial charge in [-0.3, -0.25) is 9.69 Å². The molecule has 0 spiro atoms. The predicted octanol–water partition coefficient (Wildman–Crippen LogP) is 4.75. The number of benzene rings is 2. The van der Waals surface area contributed by atoms with Crippen LogP contribution in [-0.4, -0.2) is 79.1 Å². The molecule has 12 nitrogen and oxygen atoms in total. The Kier molecular flexibility index (Phi) is 10.7. The zero-order valence-electron chi connectivity index (χ0n) is 26.1. The lowest BCUT2D eigenvalue weighted by Crippen LogP contribution is -2.57. The first-order valence-corrected chi connectivity index (χ1v) is 14.9. The summed E-state index contributed by atoms with van der Waals surface area (Å²) in [5.41, 5.74) is -0.296. The molecule has 2 saturated heterocycles. The van der Waals surface area contributed by atoms with Crippen molar-refractivity contribution in [3.63, 3.8) is 0 Å². The fourth-order valence-electron chi connectivity index (χ4n) is 5.11. The molecule has 2 fully saturated rings. The van der Waals surface area contributed by atoms with E-state index < -0.39 is 41.3 Å². The second-order valence-corrected chi connectivity index (χ2v) is 12.2. The average Bonchev–Trinajstić information content (AvgIpc) is 3.36. The molecule has 4 amide bonds. The van der Waals surface area contributed by atoms with Crippen LogP contribution in [0.25, 0.3) is 0 Å². The fourth-order valence-corrected chi connectivity index (χ4v) is 5.11. The zero-order valence-corrected chi connectivity index (χ0v) is 26.1. The van der Waals surface area contributed by atoms with Crippen molar-refractivity contribution in [1.82, 2.24) is 15.5 Å². The van der Waals surface area contributed by atoms with Crippen LogP contribution in [0.1, 0.15) is 52.5 Å². The third kappa shape index (κ3) is 9.72. The largest absolute Gasteiger partial charge is 0.490 e. The highest BCUT2D eigenvalue weighted by Gasteiger charge is 2.39. The van der Waals surface area contributed by atoms with E-state index in [0.29, 0.717) is 38.0 Å². The minimum absolute atomic E-state index is 0.0181. The van der Waals surface area contributed by atoms with Crippen LogP contribution in [-0.2, 0) is 25.6 Å². The van der Waals surface area contributed by atoms with E-state index in [4.69, 9.17) is 18.9 Å². The minimum atomic E-state index is -0.767. The first kappa shape index (κ1) is 33.3. The maximum absolute atomic E-state index is 15.1. The summed E-state index contributed by atoms with van der Waals surface area (Å²) >= 11 is 0. The summed E-state index contributed by atoms with van der Waals surface area (Å²) in [6, 6.07) is 13.6. The van der Waals surface area contributed by atoms with Crippen molar-refractivity contribution in [3.8, 4) is 5.75 Å². The SMILES string of the molecule is CC(=O)NC[C@H]1CN(c2ccc(OCCC3(NC(=O)OC(C)(C)C)CCN(C(=O)OCc4ccccc4)CC3)c(F)c2)C(=O)O1. The average molecular weight is 629 g/mol. The number of piperidine rings is 1. The van der Waals surface area contributed by atoms with Gasteiger partial charge in [0.25, 0.3) is 0 Å². The monoisotopic (exact) mass is 628 g/mol. The highest BCUT2D eigenvalue weighted by molar-refractivity contribution is 5.90.